The van der Waals surface area contributed by atoms with E-state index in [2.05, 4.69) is 12.0 Å². The van der Waals surface area contributed by atoms with Gasteiger partial charge in [0.2, 0.25) is 0 Å². The number of hydrogen-bond acceptors (Lipinski definition) is 1. The summed E-state index contributed by atoms with van der Waals surface area (Å²) in [6, 6.07) is 0. The first-order chi connectivity index (χ1) is 5.16. The van der Waals surface area contributed by atoms with Crippen molar-refractivity contribution in [2.45, 2.75) is 25.6 Å². The predicted octanol–water partition coefficient (Wildman–Crippen LogP) is 2.42. The van der Waals surface area contributed by atoms with Crippen molar-refractivity contribution >= 4 is 11.6 Å². The molecule has 0 saturated heterocycles. The minimum Gasteiger partial charge on any atom is -0.271 e. The zero-order valence-electron chi connectivity index (χ0n) is 7.13. The third kappa shape index (κ3) is 1.56. The molecule has 62 valence electrons. The molecule has 1 aromatic heterocycles. The van der Waals surface area contributed by atoms with Crippen molar-refractivity contribution in [1.29, 1.82) is 0 Å². The Labute approximate surface area is 72.2 Å². The first kappa shape index (κ1) is 8.60. The number of alkyl halides is 1. The van der Waals surface area contributed by atoms with Gasteiger partial charge in [-0.05, 0) is 18.9 Å². The molecule has 1 heterocycles. The fourth-order valence-electron chi connectivity index (χ4n) is 1.20. The molecule has 0 aliphatic rings. The summed E-state index contributed by atoms with van der Waals surface area (Å²) in [4.78, 5) is 0. The van der Waals surface area contributed by atoms with Gasteiger partial charge in [0.25, 0.3) is 0 Å². The van der Waals surface area contributed by atoms with Crippen molar-refractivity contribution in [3.05, 3.63) is 17.5 Å². The van der Waals surface area contributed by atoms with Crippen LogP contribution in [0.4, 0.5) is 0 Å². The van der Waals surface area contributed by atoms with E-state index in [0.717, 1.165) is 12.1 Å². The molecule has 0 bridgehead atoms. The van der Waals surface area contributed by atoms with Gasteiger partial charge in [0.15, 0.2) is 0 Å². The summed E-state index contributed by atoms with van der Waals surface area (Å²) in [6.45, 7) is 4.11. The van der Waals surface area contributed by atoms with Crippen LogP contribution in [0, 0.1) is 6.92 Å². The molecule has 3 heteroatoms. The largest absolute Gasteiger partial charge is 0.271 e. The fraction of sp³-hybridized carbons (Fsp3) is 0.625. The molecule has 0 aliphatic carbocycles. The summed E-state index contributed by atoms with van der Waals surface area (Å²) in [6.07, 6.45) is 2.79. The molecule has 1 rings (SSSR count). The minimum atomic E-state index is 0.0995. The Morgan fingerprint density at radius 1 is 1.73 bits per heavy atom. The Bertz CT molecular complexity index is 223. The Kier molecular flexibility index (Phi) is 2.55. The third-order valence-electron chi connectivity index (χ3n) is 1.83. The average molecular weight is 173 g/mol. The summed E-state index contributed by atoms with van der Waals surface area (Å²) < 4.78 is 1.84. The van der Waals surface area contributed by atoms with Crippen LogP contribution in [0.15, 0.2) is 6.20 Å². The predicted molar refractivity (Wildman–Crippen MR) is 46.8 cm³/mol. The summed E-state index contributed by atoms with van der Waals surface area (Å²) in [7, 11) is 1.92. The van der Waals surface area contributed by atoms with Crippen LogP contribution >= 0.6 is 11.6 Å². The van der Waals surface area contributed by atoms with Crippen molar-refractivity contribution in [2.24, 2.45) is 7.05 Å². The van der Waals surface area contributed by atoms with E-state index in [4.69, 9.17) is 11.6 Å². The van der Waals surface area contributed by atoms with Gasteiger partial charge in [-0.15, -0.1) is 11.6 Å². The SMILES string of the molecule is CCC(Cl)c1c(C)cnn1C. The lowest BCUT2D eigenvalue weighted by atomic mass is 10.2. The first-order valence-corrected chi connectivity index (χ1v) is 4.23. The van der Waals surface area contributed by atoms with Crippen LogP contribution in [0.1, 0.15) is 30.0 Å². The number of halogens is 1. The Hall–Kier alpha value is -0.500. The molecule has 0 saturated carbocycles. The van der Waals surface area contributed by atoms with Gasteiger partial charge in [-0.25, -0.2) is 0 Å². The van der Waals surface area contributed by atoms with Crippen molar-refractivity contribution in [3.63, 3.8) is 0 Å². The van der Waals surface area contributed by atoms with Crippen LogP contribution < -0.4 is 0 Å². The maximum absolute atomic E-state index is 6.08. The molecular formula is C8H13ClN2. The summed E-state index contributed by atoms with van der Waals surface area (Å²) >= 11 is 6.08. The monoisotopic (exact) mass is 172 g/mol. The van der Waals surface area contributed by atoms with Gasteiger partial charge in [-0.1, -0.05) is 6.92 Å². The lowest BCUT2D eigenvalue weighted by Gasteiger charge is -2.07. The molecule has 0 fully saturated rings. The van der Waals surface area contributed by atoms with Crippen molar-refractivity contribution < 1.29 is 0 Å². The standard InChI is InChI=1S/C8H13ClN2/c1-4-7(9)8-6(2)5-10-11(8)3/h5,7H,4H2,1-3H3. The van der Waals surface area contributed by atoms with E-state index in [1.165, 1.54) is 5.56 Å². The Morgan fingerprint density at radius 3 is 2.73 bits per heavy atom. The molecule has 11 heavy (non-hydrogen) atoms. The van der Waals surface area contributed by atoms with Crippen molar-refractivity contribution in [2.75, 3.05) is 0 Å². The van der Waals surface area contributed by atoms with Gasteiger partial charge in [-0.2, -0.15) is 5.10 Å². The van der Waals surface area contributed by atoms with Crippen LogP contribution in [-0.4, -0.2) is 9.78 Å². The van der Waals surface area contributed by atoms with Gasteiger partial charge in [-0.3, -0.25) is 4.68 Å². The highest BCUT2D eigenvalue weighted by molar-refractivity contribution is 6.20. The molecule has 1 atom stereocenters. The topological polar surface area (TPSA) is 17.8 Å². The maximum Gasteiger partial charge on any atom is 0.0754 e. The van der Waals surface area contributed by atoms with Gasteiger partial charge in [0.1, 0.15) is 0 Å². The van der Waals surface area contributed by atoms with E-state index in [-0.39, 0.29) is 5.38 Å². The molecule has 2 nitrogen and oxygen atoms in total. The van der Waals surface area contributed by atoms with Crippen LogP contribution in [-0.2, 0) is 7.05 Å². The number of hydrogen-bond donors (Lipinski definition) is 0. The molecular weight excluding hydrogens is 160 g/mol. The smallest absolute Gasteiger partial charge is 0.0754 e. The number of nitrogens with zero attached hydrogens (tertiary/aromatic N) is 2. The highest BCUT2D eigenvalue weighted by Crippen LogP contribution is 2.25. The van der Waals surface area contributed by atoms with E-state index in [0.29, 0.717) is 0 Å². The second-order valence-corrected chi connectivity index (χ2v) is 3.24. The van der Waals surface area contributed by atoms with Crippen LogP contribution in [0.3, 0.4) is 0 Å². The molecule has 0 aromatic carbocycles. The highest BCUT2D eigenvalue weighted by atomic mass is 35.5. The Balaban J connectivity index is 3.00. The second-order valence-electron chi connectivity index (χ2n) is 2.71. The van der Waals surface area contributed by atoms with Gasteiger partial charge >= 0.3 is 0 Å². The fourth-order valence-corrected chi connectivity index (χ4v) is 1.51. The summed E-state index contributed by atoms with van der Waals surface area (Å²) in [5, 5.41) is 4.22. The second kappa shape index (κ2) is 3.26. The van der Waals surface area contributed by atoms with E-state index in [1.807, 2.05) is 24.9 Å². The van der Waals surface area contributed by atoms with Crippen molar-refractivity contribution in [1.82, 2.24) is 9.78 Å². The van der Waals surface area contributed by atoms with Crippen LogP contribution in [0.5, 0.6) is 0 Å². The average Bonchev–Trinajstić information content (AvgIpc) is 2.30. The van der Waals surface area contributed by atoms with E-state index in [9.17, 15) is 0 Å². The molecule has 0 radical (unpaired) electrons. The zero-order valence-corrected chi connectivity index (χ0v) is 7.89. The van der Waals surface area contributed by atoms with E-state index >= 15 is 0 Å². The number of aromatic nitrogens is 2. The molecule has 0 amide bonds. The lowest BCUT2D eigenvalue weighted by Crippen LogP contribution is -2.01. The molecule has 0 aliphatic heterocycles. The van der Waals surface area contributed by atoms with Gasteiger partial charge < -0.3 is 0 Å². The minimum absolute atomic E-state index is 0.0995. The summed E-state index contributed by atoms with van der Waals surface area (Å²) in [5.41, 5.74) is 2.31. The number of aryl methyl sites for hydroxylation is 2. The molecule has 0 N–H and O–H groups in total. The molecule has 0 spiro atoms. The van der Waals surface area contributed by atoms with Crippen LogP contribution in [0.2, 0.25) is 0 Å². The van der Waals surface area contributed by atoms with Crippen molar-refractivity contribution in [3.8, 4) is 0 Å². The number of rotatable bonds is 2. The highest BCUT2D eigenvalue weighted by Gasteiger charge is 2.12. The zero-order chi connectivity index (χ0) is 8.43. The van der Waals surface area contributed by atoms with E-state index < -0.39 is 0 Å². The lowest BCUT2D eigenvalue weighted by molar-refractivity contribution is 0.684. The van der Waals surface area contributed by atoms with E-state index in [1.54, 1.807) is 0 Å². The Morgan fingerprint density at radius 2 is 2.36 bits per heavy atom. The van der Waals surface area contributed by atoms with Crippen LogP contribution in [0.25, 0.3) is 0 Å². The van der Waals surface area contributed by atoms with Gasteiger partial charge in [0, 0.05) is 7.05 Å². The molecule has 1 aromatic rings. The first-order valence-electron chi connectivity index (χ1n) is 3.79. The maximum atomic E-state index is 6.08. The third-order valence-corrected chi connectivity index (χ3v) is 2.35. The quantitative estimate of drug-likeness (QED) is 0.627. The normalized spacial score (nSPS) is 13.5. The van der Waals surface area contributed by atoms with Gasteiger partial charge in [0.05, 0.1) is 17.3 Å². The summed E-state index contributed by atoms with van der Waals surface area (Å²) in [5.74, 6) is 0. The molecule has 1 unspecified atom stereocenters.